The largest absolute Gasteiger partial charge is 0.461 e. The molecule has 0 fully saturated rings. The van der Waals surface area contributed by atoms with E-state index in [0.29, 0.717) is 23.6 Å². The van der Waals surface area contributed by atoms with Crippen LogP contribution in [0.3, 0.4) is 0 Å². The van der Waals surface area contributed by atoms with Crippen LogP contribution in [-0.2, 0) is 11.3 Å². The van der Waals surface area contributed by atoms with Crippen LogP contribution in [0, 0.1) is 5.41 Å². The molecule has 0 saturated carbocycles. The number of nitrogens with two attached hydrogens (primary N) is 1. The molecule has 1 heterocycles. The van der Waals surface area contributed by atoms with E-state index in [2.05, 4.69) is 16.7 Å². The van der Waals surface area contributed by atoms with Crippen molar-refractivity contribution in [1.29, 1.82) is 5.41 Å². The number of hydrogen-bond acceptors (Lipinski definition) is 5. The summed E-state index contributed by atoms with van der Waals surface area (Å²) in [5, 5.41) is 10.7. The van der Waals surface area contributed by atoms with Gasteiger partial charge < -0.3 is 19.8 Å². The second-order valence-corrected chi connectivity index (χ2v) is 7.98. The Morgan fingerprint density at radius 3 is 2.67 bits per heavy atom. The maximum atomic E-state index is 12.9. The van der Waals surface area contributed by atoms with Crippen molar-refractivity contribution in [2.24, 2.45) is 15.7 Å². The Hall–Kier alpha value is -4.72. The van der Waals surface area contributed by atoms with Gasteiger partial charge in [0.25, 0.3) is 0 Å². The van der Waals surface area contributed by atoms with E-state index in [9.17, 15) is 4.79 Å². The third kappa shape index (κ3) is 5.02. The highest BCUT2D eigenvalue weighted by Crippen LogP contribution is 2.30. The van der Waals surface area contributed by atoms with Crippen LogP contribution < -0.4 is 10.5 Å². The van der Waals surface area contributed by atoms with E-state index in [4.69, 9.17) is 20.6 Å². The molecule has 0 amide bonds. The molecule has 3 N–H and O–H groups in total. The third-order valence-electron chi connectivity index (χ3n) is 5.63. The van der Waals surface area contributed by atoms with Gasteiger partial charge in [-0.05, 0) is 61.2 Å². The Morgan fingerprint density at radius 1 is 1.14 bits per heavy atom. The fourth-order valence-corrected chi connectivity index (χ4v) is 4.03. The minimum Gasteiger partial charge on any atom is -0.461 e. The molecule has 3 aromatic carbocycles. The number of nitrogens with one attached hydrogen (secondary N) is 1. The highest BCUT2D eigenvalue weighted by molar-refractivity contribution is 6.01. The molecule has 0 unspecified atom stereocenters. The van der Waals surface area contributed by atoms with E-state index < -0.39 is 5.97 Å². The highest BCUT2D eigenvalue weighted by Gasteiger charge is 2.19. The summed E-state index contributed by atoms with van der Waals surface area (Å²) in [6.45, 7) is 7.76. The van der Waals surface area contributed by atoms with Crippen LogP contribution in [0.15, 0.2) is 82.9 Å². The smallest absolute Gasteiger partial charge is 0.354 e. The molecule has 8 heteroatoms. The zero-order valence-electron chi connectivity index (χ0n) is 20.2. The first-order valence-corrected chi connectivity index (χ1v) is 11.4. The standard InChI is InChI=1S/C28H27N5O3/c1-4-12-32-28(31-3)36-22-13-18-8-6-7-9-23(18)21(14-22)17-33-24-16-20(26(29)30)11-10-19(24)15-25(33)27(34)35-5-2/h4,6-16H,3,5,17H2,1-2H3,(H3,29,30)/b12-4-,32-28?. The van der Waals surface area contributed by atoms with Crippen molar-refractivity contribution >= 4 is 46.2 Å². The van der Waals surface area contributed by atoms with Gasteiger partial charge in [-0.1, -0.05) is 42.5 Å². The Bertz CT molecular complexity index is 1530. The quantitative estimate of drug-likeness (QED) is 0.212. The zero-order valence-corrected chi connectivity index (χ0v) is 20.2. The number of nitrogen functional groups attached to an aromatic ring is 1. The molecule has 0 spiro atoms. The Morgan fingerprint density at radius 2 is 1.94 bits per heavy atom. The Balaban J connectivity index is 1.89. The van der Waals surface area contributed by atoms with Gasteiger partial charge in [0.15, 0.2) is 0 Å². The van der Waals surface area contributed by atoms with Gasteiger partial charge in [-0.25, -0.2) is 14.8 Å². The van der Waals surface area contributed by atoms with Gasteiger partial charge in [0.1, 0.15) is 17.3 Å². The molecule has 4 rings (SSSR count). The summed E-state index contributed by atoms with van der Waals surface area (Å²) in [5.41, 5.74) is 8.40. The number of aromatic nitrogens is 1. The number of allylic oxidation sites excluding steroid dienone is 1. The molecular formula is C28H27N5O3. The average Bonchev–Trinajstić information content (AvgIpc) is 3.24. The number of fused-ring (bicyclic) bond motifs is 2. The molecule has 4 aromatic rings. The lowest BCUT2D eigenvalue weighted by atomic mass is 10.0. The van der Waals surface area contributed by atoms with E-state index in [1.165, 1.54) is 0 Å². The molecule has 182 valence electrons. The van der Waals surface area contributed by atoms with Gasteiger partial charge in [-0.3, -0.25) is 5.41 Å². The molecule has 1 aromatic heterocycles. The fourth-order valence-electron chi connectivity index (χ4n) is 4.03. The first-order valence-electron chi connectivity index (χ1n) is 11.4. The molecular weight excluding hydrogens is 454 g/mol. The van der Waals surface area contributed by atoms with Crippen molar-refractivity contribution in [2.45, 2.75) is 20.4 Å². The number of benzene rings is 3. The summed E-state index contributed by atoms with van der Waals surface area (Å²) in [6, 6.07) is 19.1. The molecule has 0 radical (unpaired) electrons. The number of esters is 1. The second-order valence-electron chi connectivity index (χ2n) is 7.98. The molecule has 36 heavy (non-hydrogen) atoms. The summed E-state index contributed by atoms with van der Waals surface area (Å²) in [7, 11) is 0. The van der Waals surface area contributed by atoms with Crippen LogP contribution in [0.1, 0.15) is 35.5 Å². The summed E-state index contributed by atoms with van der Waals surface area (Å²) in [5.74, 6) is 0.0670. The van der Waals surface area contributed by atoms with Gasteiger partial charge >= 0.3 is 12.0 Å². The Labute approximate surface area is 208 Å². The lowest BCUT2D eigenvalue weighted by molar-refractivity contribution is 0.0515. The zero-order chi connectivity index (χ0) is 25.7. The minimum absolute atomic E-state index is 0.0481. The molecule has 0 aliphatic carbocycles. The number of aliphatic imine (C=N–C) groups is 2. The summed E-state index contributed by atoms with van der Waals surface area (Å²) < 4.78 is 13.1. The van der Waals surface area contributed by atoms with Crippen molar-refractivity contribution in [1.82, 2.24) is 4.57 Å². The van der Waals surface area contributed by atoms with Crippen molar-refractivity contribution < 1.29 is 14.3 Å². The predicted octanol–water partition coefficient (Wildman–Crippen LogP) is 5.27. The van der Waals surface area contributed by atoms with Crippen molar-refractivity contribution in [3.05, 3.63) is 89.8 Å². The predicted molar refractivity (Wildman–Crippen MR) is 144 cm³/mol. The molecule has 0 bridgehead atoms. The minimum atomic E-state index is -0.425. The number of amidine groups is 2. The first-order chi connectivity index (χ1) is 17.4. The Kier molecular flexibility index (Phi) is 7.25. The SMILES string of the molecule is C=NC(=N/C=C\C)Oc1cc(Cn2c(C(=O)OCC)cc3ccc(C(=N)N)cc32)c2ccccc2c1. The first kappa shape index (κ1) is 24.4. The highest BCUT2D eigenvalue weighted by atomic mass is 16.5. The van der Waals surface area contributed by atoms with Crippen LogP contribution >= 0.6 is 0 Å². The van der Waals surface area contributed by atoms with Crippen molar-refractivity contribution in [3.8, 4) is 5.75 Å². The van der Waals surface area contributed by atoms with Crippen LogP contribution in [0.4, 0.5) is 0 Å². The fraction of sp³-hybridized carbons (Fsp3) is 0.143. The average molecular weight is 482 g/mol. The van der Waals surface area contributed by atoms with Crippen molar-refractivity contribution in [3.63, 3.8) is 0 Å². The van der Waals surface area contributed by atoms with Crippen LogP contribution in [0.2, 0.25) is 0 Å². The summed E-state index contributed by atoms with van der Waals surface area (Å²) in [4.78, 5) is 20.9. The second kappa shape index (κ2) is 10.7. The van der Waals surface area contributed by atoms with E-state index in [1.54, 1.807) is 31.3 Å². The van der Waals surface area contributed by atoms with Gasteiger partial charge in [0.05, 0.1) is 6.61 Å². The van der Waals surface area contributed by atoms with Gasteiger partial charge in [0.2, 0.25) is 0 Å². The lowest BCUT2D eigenvalue weighted by Crippen LogP contribution is -2.14. The van der Waals surface area contributed by atoms with Crippen LogP contribution in [-0.4, -0.2) is 35.7 Å². The normalized spacial score (nSPS) is 11.8. The summed E-state index contributed by atoms with van der Waals surface area (Å²) >= 11 is 0. The number of hydrogen-bond donors (Lipinski definition) is 2. The van der Waals surface area contributed by atoms with E-state index in [-0.39, 0.29) is 18.5 Å². The van der Waals surface area contributed by atoms with Crippen LogP contribution in [0.25, 0.3) is 21.7 Å². The third-order valence-corrected chi connectivity index (χ3v) is 5.63. The lowest BCUT2D eigenvalue weighted by Gasteiger charge is -2.15. The van der Waals surface area contributed by atoms with Gasteiger partial charge in [-0.15, -0.1) is 0 Å². The van der Waals surface area contributed by atoms with Gasteiger partial charge in [-0.2, -0.15) is 0 Å². The van der Waals surface area contributed by atoms with Gasteiger partial charge in [0, 0.05) is 29.2 Å². The number of ether oxygens (including phenoxy) is 2. The summed E-state index contributed by atoms with van der Waals surface area (Å²) in [6.07, 6.45) is 3.35. The number of carbonyl (C=O) groups is 1. The number of rotatable bonds is 7. The van der Waals surface area contributed by atoms with E-state index >= 15 is 0 Å². The molecule has 0 aliphatic heterocycles. The molecule has 0 aliphatic rings. The van der Waals surface area contributed by atoms with E-state index in [1.807, 2.05) is 60.0 Å². The molecule has 8 nitrogen and oxygen atoms in total. The maximum Gasteiger partial charge on any atom is 0.354 e. The molecule has 0 atom stereocenters. The number of nitrogens with zero attached hydrogens (tertiary/aromatic N) is 3. The maximum absolute atomic E-state index is 12.9. The van der Waals surface area contributed by atoms with Crippen LogP contribution in [0.5, 0.6) is 5.75 Å². The van der Waals surface area contributed by atoms with Crippen molar-refractivity contribution in [2.75, 3.05) is 6.61 Å². The monoisotopic (exact) mass is 481 g/mol. The van der Waals surface area contributed by atoms with E-state index in [0.717, 1.165) is 27.2 Å². The topological polar surface area (TPSA) is 115 Å². The number of carbonyl (C=O) groups excluding carboxylic acids is 1. The molecule has 0 saturated heterocycles.